The number of carbonyl (C=O) groups is 2. The maximum Gasteiger partial charge on any atom is 0.257 e. The predicted octanol–water partition coefficient (Wildman–Crippen LogP) is 4.69. The van der Waals surface area contributed by atoms with Crippen LogP contribution in [0.4, 0.5) is 5.13 Å². The third-order valence-corrected chi connectivity index (χ3v) is 4.85. The lowest BCUT2D eigenvalue weighted by atomic mass is 10.0. The molecule has 2 heterocycles. The molecular weight excluding hydrogens is 370 g/mol. The number of thiazole rings is 1. The average molecular weight is 385 g/mol. The molecule has 0 bridgehead atoms. The Morgan fingerprint density at radius 1 is 0.750 bits per heavy atom. The third kappa shape index (κ3) is 3.87. The van der Waals surface area contributed by atoms with Gasteiger partial charge in [0.15, 0.2) is 10.9 Å². The topological polar surface area (TPSA) is 72.0 Å². The van der Waals surface area contributed by atoms with Crippen molar-refractivity contribution in [1.82, 2.24) is 9.97 Å². The lowest BCUT2D eigenvalue weighted by Gasteiger charge is -2.04. The minimum absolute atomic E-state index is 0.0764. The molecule has 1 amide bonds. The first kappa shape index (κ1) is 17.8. The van der Waals surface area contributed by atoms with Crippen molar-refractivity contribution in [2.75, 3.05) is 5.32 Å². The molecule has 0 aliphatic heterocycles. The molecule has 1 N–H and O–H groups in total. The maximum absolute atomic E-state index is 12.5. The minimum Gasteiger partial charge on any atom is -0.298 e. The zero-order valence-corrected chi connectivity index (χ0v) is 15.5. The molecule has 0 fully saturated rings. The second-order valence-corrected chi connectivity index (χ2v) is 6.84. The van der Waals surface area contributed by atoms with Gasteiger partial charge in [-0.2, -0.15) is 0 Å². The highest BCUT2D eigenvalue weighted by Gasteiger charge is 2.13. The van der Waals surface area contributed by atoms with E-state index in [1.807, 2.05) is 41.8 Å². The summed E-state index contributed by atoms with van der Waals surface area (Å²) in [6.45, 7) is 0. The number of hydrogen-bond donors (Lipinski definition) is 1. The Kier molecular flexibility index (Phi) is 5.03. The zero-order valence-electron chi connectivity index (χ0n) is 14.7. The van der Waals surface area contributed by atoms with Crippen molar-refractivity contribution in [2.45, 2.75) is 0 Å². The van der Waals surface area contributed by atoms with Crippen LogP contribution < -0.4 is 5.32 Å². The van der Waals surface area contributed by atoms with E-state index in [0.717, 1.165) is 5.69 Å². The van der Waals surface area contributed by atoms with Crippen molar-refractivity contribution in [2.24, 2.45) is 0 Å². The number of nitrogens with one attached hydrogen (secondary N) is 1. The highest BCUT2D eigenvalue weighted by atomic mass is 32.1. The minimum atomic E-state index is -0.277. The van der Waals surface area contributed by atoms with Crippen LogP contribution in [0.5, 0.6) is 0 Å². The van der Waals surface area contributed by atoms with E-state index in [1.54, 1.807) is 42.6 Å². The lowest BCUT2D eigenvalue weighted by Crippen LogP contribution is -2.12. The number of anilines is 1. The highest BCUT2D eigenvalue weighted by molar-refractivity contribution is 7.14. The van der Waals surface area contributed by atoms with Gasteiger partial charge in [-0.1, -0.05) is 48.5 Å². The van der Waals surface area contributed by atoms with Crippen molar-refractivity contribution in [1.29, 1.82) is 0 Å². The second kappa shape index (κ2) is 7.94. The molecule has 2 aromatic heterocycles. The van der Waals surface area contributed by atoms with E-state index in [4.69, 9.17) is 0 Å². The number of amides is 1. The summed E-state index contributed by atoms with van der Waals surface area (Å²) in [4.78, 5) is 33.6. The van der Waals surface area contributed by atoms with Gasteiger partial charge in [0.1, 0.15) is 5.69 Å². The number of aromatic nitrogens is 2. The fraction of sp³-hybridized carbons (Fsp3) is 0. The summed E-state index contributed by atoms with van der Waals surface area (Å²) in [7, 11) is 0. The summed E-state index contributed by atoms with van der Waals surface area (Å²) in [5.74, 6) is -0.354. The molecule has 0 spiro atoms. The molecule has 0 aliphatic carbocycles. The number of nitrogens with zero attached hydrogens (tertiary/aromatic N) is 2. The van der Waals surface area contributed by atoms with Crippen molar-refractivity contribution in [3.8, 4) is 11.4 Å². The molecule has 5 nitrogen and oxygen atoms in total. The first-order valence-corrected chi connectivity index (χ1v) is 9.47. The molecule has 0 unspecified atom stereocenters. The first-order chi connectivity index (χ1) is 13.7. The number of benzene rings is 2. The Labute approximate surface area is 165 Å². The van der Waals surface area contributed by atoms with Crippen LogP contribution in [0.1, 0.15) is 26.3 Å². The van der Waals surface area contributed by atoms with E-state index in [9.17, 15) is 9.59 Å². The smallest absolute Gasteiger partial charge is 0.257 e. The molecule has 0 radical (unpaired) electrons. The summed E-state index contributed by atoms with van der Waals surface area (Å²) in [5.41, 5.74) is 3.07. The molecule has 136 valence electrons. The number of pyridine rings is 1. The van der Waals surface area contributed by atoms with E-state index in [2.05, 4.69) is 15.3 Å². The summed E-state index contributed by atoms with van der Waals surface area (Å²) >= 11 is 1.34. The molecule has 2 aromatic carbocycles. The van der Waals surface area contributed by atoms with Crippen LogP contribution in [0.25, 0.3) is 11.4 Å². The number of hydrogen-bond acceptors (Lipinski definition) is 5. The Morgan fingerprint density at radius 3 is 2.14 bits per heavy atom. The van der Waals surface area contributed by atoms with E-state index in [0.29, 0.717) is 27.5 Å². The molecule has 28 heavy (non-hydrogen) atoms. The van der Waals surface area contributed by atoms with E-state index >= 15 is 0 Å². The van der Waals surface area contributed by atoms with Crippen LogP contribution >= 0.6 is 11.3 Å². The SMILES string of the molecule is O=C(Nc1nc(-c2ccccn2)cs1)c1ccc(C(=O)c2ccccc2)cc1. The highest BCUT2D eigenvalue weighted by Crippen LogP contribution is 2.23. The van der Waals surface area contributed by atoms with Crippen molar-refractivity contribution < 1.29 is 9.59 Å². The van der Waals surface area contributed by atoms with E-state index in [1.165, 1.54) is 11.3 Å². The monoisotopic (exact) mass is 385 g/mol. The van der Waals surface area contributed by atoms with Gasteiger partial charge in [-0.25, -0.2) is 4.98 Å². The molecule has 4 rings (SSSR count). The summed E-state index contributed by atoms with van der Waals surface area (Å²) in [6.07, 6.45) is 1.70. The van der Waals surface area contributed by atoms with Gasteiger partial charge in [-0.15, -0.1) is 11.3 Å². The Balaban J connectivity index is 1.46. The fourth-order valence-corrected chi connectivity index (χ4v) is 3.36. The van der Waals surface area contributed by atoms with Gasteiger partial charge in [0, 0.05) is 28.3 Å². The van der Waals surface area contributed by atoms with Gasteiger partial charge in [-0.3, -0.25) is 19.9 Å². The third-order valence-electron chi connectivity index (χ3n) is 4.10. The normalized spacial score (nSPS) is 10.4. The Bertz CT molecular complexity index is 1110. The summed E-state index contributed by atoms with van der Waals surface area (Å²) in [5, 5.41) is 5.13. The van der Waals surface area contributed by atoms with Crippen LogP contribution in [0.15, 0.2) is 84.4 Å². The van der Waals surface area contributed by atoms with Crippen molar-refractivity contribution in [3.05, 3.63) is 101 Å². The van der Waals surface area contributed by atoms with Gasteiger partial charge >= 0.3 is 0 Å². The average Bonchev–Trinajstić information content (AvgIpc) is 3.23. The zero-order chi connectivity index (χ0) is 19.3. The molecule has 4 aromatic rings. The van der Waals surface area contributed by atoms with Crippen molar-refractivity contribution in [3.63, 3.8) is 0 Å². The quantitative estimate of drug-likeness (QED) is 0.506. The van der Waals surface area contributed by atoms with Gasteiger partial charge in [0.25, 0.3) is 5.91 Å². The molecular formula is C22H15N3O2S. The van der Waals surface area contributed by atoms with Crippen LogP contribution in [0.3, 0.4) is 0 Å². The number of ketones is 1. The number of carbonyl (C=O) groups excluding carboxylic acids is 2. The van der Waals surface area contributed by atoms with Crippen molar-refractivity contribution >= 4 is 28.2 Å². The summed E-state index contributed by atoms with van der Waals surface area (Å²) in [6, 6.07) is 21.2. The first-order valence-electron chi connectivity index (χ1n) is 8.59. The maximum atomic E-state index is 12.5. The predicted molar refractivity (Wildman–Crippen MR) is 110 cm³/mol. The molecule has 0 saturated carbocycles. The lowest BCUT2D eigenvalue weighted by molar-refractivity contribution is 0.102. The number of rotatable bonds is 5. The van der Waals surface area contributed by atoms with Crippen LogP contribution in [0.2, 0.25) is 0 Å². The van der Waals surface area contributed by atoms with Crippen LogP contribution in [-0.4, -0.2) is 21.7 Å². The van der Waals surface area contributed by atoms with Crippen LogP contribution in [0, 0.1) is 0 Å². The Morgan fingerprint density at radius 2 is 1.43 bits per heavy atom. The van der Waals surface area contributed by atoms with E-state index < -0.39 is 0 Å². The molecule has 0 atom stereocenters. The van der Waals surface area contributed by atoms with Crippen LogP contribution in [-0.2, 0) is 0 Å². The van der Waals surface area contributed by atoms with E-state index in [-0.39, 0.29) is 11.7 Å². The van der Waals surface area contributed by atoms with Gasteiger partial charge in [-0.05, 0) is 24.3 Å². The molecule has 0 saturated heterocycles. The largest absolute Gasteiger partial charge is 0.298 e. The molecule has 0 aliphatic rings. The van der Waals surface area contributed by atoms with Gasteiger partial charge in [0.05, 0.1) is 5.69 Å². The Hall–Kier alpha value is -3.64. The fourth-order valence-electron chi connectivity index (χ4n) is 2.66. The van der Waals surface area contributed by atoms with Gasteiger partial charge < -0.3 is 0 Å². The van der Waals surface area contributed by atoms with Gasteiger partial charge in [0.2, 0.25) is 0 Å². The standard InChI is InChI=1S/C22H15N3O2S/c26-20(15-6-2-1-3-7-15)16-9-11-17(12-10-16)21(27)25-22-24-19(14-28-22)18-8-4-5-13-23-18/h1-14H,(H,24,25,27). The summed E-state index contributed by atoms with van der Waals surface area (Å²) < 4.78 is 0. The second-order valence-electron chi connectivity index (χ2n) is 5.98. The molecule has 6 heteroatoms.